The van der Waals surface area contributed by atoms with Crippen molar-refractivity contribution in [1.29, 1.82) is 0 Å². The topological polar surface area (TPSA) is 206 Å². The second kappa shape index (κ2) is 15.0. The van der Waals surface area contributed by atoms with Gasteiger partial charge in [0.05, 0.1) is 28.0 Å². The molecule has 1 aliphatic rings. The first-order valence-corrected chi connectivity index (χ1v) is 21.1. The van der Waals surface area contributed by atoms with Gasteiger partial charge in [0.15, 0.2) is 11.6 Å². The van der Waals surface area contributed by atoms with Crippen LogP contribution in [0, 0.1) is 0 Å². The molecule has 5 N–H and O–H groups in total. The van der Waals surface area contributed by atoms with Crippen LogP contribution >= 0.6 is 0 Å². The normalized spacial score (nSPS) is 12.5. The number of anilines is 6. The van der Waals surface area contributed by atoms with Crippen LogP contribution in [-0.2, 0) is 28.0 Å². The maximum Gasteiger partial charge on any atom is 0.320 e. The number of para-hydroxylation sites is 1. The Morgan fingerprint density at radius 2 is 1.29 bits per heavy atom. The van der Waals surface area contributed by atoms with Crippen LogP contribution in [0.5, 0.6) is 6.01 Å². The maximum absolute atomic E-state index is 14.5. The summed E-state index contributed by atoms with van der Waals surface area (Å²) >= 11 is 0. The molecule has 15 heteroatoms. The largest absolute Gasteiger partial charge is 0.479 e. The Balaban J connectivity index is 1.24. The number of aryl methyl sites for hydroxylation is 1. The molecular formula is C47H43N7O7S. The van der Waals surface area contributed by atoms with Crippen molar-refractivity contribution in [3.05, 3.63) is 147 Å². The van der Waals surface area contributed by atoms with Gasteiger partial charge in [-0.15, -0.1) is 0 Å². The van der Waals surface area contributed by atoms with Gasteiger partial charge >= 0.3 is 6.01 Å². The molecule has 0 radical (unpaired) electrons. The summed E-state index contributed by atoms with van der Waals surface area (Å²) in [4.78, 5) is 54.8. The smallest absolute Gasteiger partial charge is 0.320 e. The molecule has 1 aliphatic carbocycles. The molecule has 0 atom stereocenters. The highest BCUT2D eigenvalue weighted by molar-refractivity contribution is 7.86. The highest BCUT2D eigenvalue weighted by atomic mass is 32.2. The van der Waals surface area contributed by atoms with Crippen molar-refractivity contribution in [2.24, 2.45) is 7.05 Å². The van der Waals surface area contributed by atoms with Crippen LogP contribution in [0.1, 0.15) is 84.5 Å². The van der Waals surface area contributed by atoms with Crippen molar-refractivity contribution in [2.75, 3.05) is 16.0 Å². The number of rotatable bonds is 9. The molecule has 8 rings (SSSR count). The van der Waals surface area contributed by atoms with Crippen LogP contribution in [0.4, 0.5) is 34.6 Å². The van der Waals surface area contributed by atoms with Crippen molar-refractivity contribution in [2.45, 2.75) is 57.3 Å². The van der Waals surface area contributed by atoms with Gasteiger partial charge in [-0.2, -0.15) is 23.4 Å². The minimum atomic E-state index is -4.84. The lowest BCUT2D eigenvalue weighted by Gasteiger charge is -2.30. The molecule has 14 nitrogen and oxygen atoms in total. The summed E-state index contributed by atoms with van der Waals surface area (Å²) in [5.41, 5.74) is 3.82. The van der Waals surface area contributed by atoms with Gasteiger partial charge in [-0.3, -0.25) is 18.9 Å². The van der Waals surface area contributed by atoms with E-state index in [2.05, 4.69) is 72.4 Å². The fraction of sp³-hybridized carbons (Fsp3) is 0.191. The number of aromatic hydroxyl groups is 1. The zero-order valence-corrected chi connectivity index (χ0v) is 35.8. The molecule has 7 aromatic rings. The Morgan fingerprint density at radius 1 is 0.677 bits per heavy atom. The first-order chi connectivity index (χ1) is 29.2. The number of hydrogen-bond acceptors (Lipinski definition) is 12. The number of fused-ring (bicyclic) bond motifs is 2. The van der Waals surface area contributed by atoms with Gasteiger partial charge in [-0.1, -0.05) is 114 Å². The van der Waals surface area contributed by atoms with E-state index in [1.165, 1.54) is 16.7 Å². The lowest BCUT2D eigenvalue weighted by atomic mass is 9.79. The average molecular weight is 850 g/mol. The van der Waals surface area contributed by atoms with E-state index in [9.17, 15) is 32.5 Å². The van der Waals surface area contributed by atoms with E-state index in [4.69, 9.17) is 0 Å². The number of carbonyl (C=O) groups excluding carboxylic acids is 2. The van der Waals surface area contributed by atoms with Crippen LogP contribution < -0.4 is 21.5 Å². The lowest BCUT2D eigenvalue weighted by Crippen LogP contribution is -2.29. The molecule has 0 fully saturated rings. The summed E-state index contributed by atoms with van der Waals surface area (Å²) in [5.74, 6) is -1.14. The zero-order valence-electron chi connectivity index (χ0n) is 34.9. The quantitative estimate of drug-likeness (QED) is 0.0680. The lowest BCUT2D eigenvalue weighted by molar-refractivity contribution is 0.102. The predicted octanol–water partition coefficient (Wildman–Crippen LogP) is 8.94. The molecule has 0 unspecified atom stereocenters. The van der Waals surface area contributed by atoms with Crippen LogP contribution in [0.2, 0.25) is 0 Å². The van der Waals surface area contributed by atoms with Crippen molar-refractivity contribution in [3.8, 4) is 17.1 Å². The van der Waals surface area contributed by atoms with E-state index in [-0.39, 0.29) is 62.3 Å². The summed E-state index contributed by atoms with van der Waals surface area (Å²) in [6, 6.07) is 27.8. The standard InChI is InChI=1S/C47H43N7O7S/c1-46(2,3)29-18-13-19-30(47(4,5)6)39(29)50-44-51-43(52-45(58)53-44)49-32-24-26(20-23-34(32)62(59,60)61)48-31-21-22-33-37-35(27-16-11-12-17-28(27)41(56)36(31)37)38(42(57)54(33)7)40(55)25-14-9-8-10-15-25/h8-24,48H,1-7H3,(H,59,60,61)(H3,49,50,51,52,53,58). The molecule has 0 amide bonds. The molecule has 314 valence electrons. The number of aromatic nitrogens is 4. The Bertz CT molecular complexity index is 3160. The molecule has 0 saturated carbocycles. The van der Waals surface area contributed by atoms with E-state index in [1.54, 1.807) is 73.8 Å². The number of carbonyl (C=O) groups is 2. The number of nitrogens with zero attached hydrogens (tertiary/aromatic N) is 4. The van der Waals surface area contributed by atoms with Crippen molar-refractivity contribution < 1.29 is 27.7 Å². The maximum atomic E-state index is 14.5. The second-order valence-electron chi connectivity index (χ2n) is 17.1. The number of pyridine rings is 1. The van der Waals surface area contributed by atoms with Crippen molar-refractivity contribution in [3.63, 3.8) is 0 Å². The molecule has 0 bridgehead atoms. The van der Waals surface area contributed by atoms with Crippen molar-refractivity contribution in [1.82, 2.24) is 19.5 Å². The molecule has 62 heavy (non-hydrogen) atoms. The minimum absolute atomic E-state index is 0.0331. The Morgan fingerprint density at radius 3 is 1.92 bits per heavy atom. The number of ketones is 2. The summed E-state index contributed by atoms with van der Waals surface area (Å²) in [5, 5.41) is 20.4. The fourth-order valence-corrected chi connectivity index (χ4v) is 8.58. The van der Waals surface area contributed by atoms with Gasteiger partial charge in [-0.05, 0) is 57.9 Å². The molecule has 0 saturated heterocycles. The Kier molecular flexibility index (Phi) is 10.1. The van der Waals surface area contributed by atoms with Gasteiger partial charge in [0, 0.05) is 40.5 Å². The van der Waals surface area contributed by atoms with E-state index >= 15 is 0 Å². The van der Waals surface area contributed by atoms with E-state index < -0.39 is 32.4 Å². The summed E-state index contributed by atoms with van der Waals surface area (Å²) in [6.45, 7) is 12.4. The predicted molar refractivity (Wildman–Crippen MR) is 239 cm³/mol. The Labute approximate surface area is 357 Å². The second-order valence-corrected chi connectivity index (χ2v) is 18.5. The van der Waals surface area contributed by atoms with Crippen LogP contribution in [0.25, 0.3) is 22.0 Å². The first-order valence-electron chi connectivity index (χ1n) is 19.7. The highest BCUT2D eigenvalue weighted by Crippen LogP contribution is 2.45. The SMILES string of the molecule is Cn1c(=O)c(C(=O)c2ccccc2)c2c3c(c(Nc4ccc(S(=O)(=O)O)c(Nc5nc(O)nc(Nc6c(C(C)(C)C)cccc6C(C)(C)C)n5)c4)ccc31)C(=O)c1ccccc1-2. The fourth-order valence-electron chi connectivity index (χ4n) is 7.95. The summed E-state index contributed by atoms with van der Waals surface area (Å²) in [7, 11) is -3.29. The van der Waals surface area contributed by atoms with E-state index in [1.807, 2.05) is 18.2 Å². The molecule has 2 heterocycles. The Hall–Kier alpha value is -7.23. The van der Waals surface area contributed by atoms with Crippen molar-refractivity contribution >= 4 is 67.2 Å². The molecule has 5 aromatic carbocycles. The molecule has 0 aliphatic heterocycles. The third-order valence-electron chi connectivity index (χ3n) is 10.8. The van der Waals surface area contributed by atoms with Gasteiger partial charge in [-0.25, -0.2) is 0 Å². The number of benzene rings is 5. The number of hydrogen-bond donors (Lipinski definition) is 5. The van der Waals surface area contributed by atoms with Crippen LogP contribution in [-0.4, -0.2) is 49.2 Å². The van der Waals surface area contributed by atoms with Gasteiger partial charge in [0.1, 0.15) is 4.90 Å². The monoisotopic (exact) mass is 849 g/mol. The molecule has 0 spiro atoms. The third kappa shape index (κ3) is 7.45. The highest BCUT2D eigenvalue weighted by Gasteiger charge is 2.34. The van der Waals surface area contributed by atoms with E-state index in [0.29, 0.717) is 27.6 Å². The summed E-state index contributed by atoms with van der Waals surface area (Å²) < 4.78 is 37.1. The van der Waals surface area contributed by atoms with Gasteiger partial charge in [0.2, 0.25) is 11.9 Å². The minimum Gasteiger partial charge on any atom is -0.479 e. The number of nitrogens with one attached hydrogen (secondary N) is 3. The average Bonchev–Trinajstić information content (AvgIpc) is 3.20. The molecule has 2 aromatic heterocycles. The van der Waals surface area contributed by atoms with Gasteiger partial charge < -0.3 is 25.6 Å². The summed E-state index contributed by atoms with van der Waals surface area (Å²) in [6.07, 6.45) is 0. The molecular weight excluding hydrogens is 807 g/mol. The van der Waals surface area contributed by atoms with Gasteiger partial charge in [0.25, 0.3) is 15.7 Å². The zero-order chi connectivity index (χ0) is 44.5. The first kappa shape index (κ1) is 41.5. The van der Waals surface area contributed by atoms with Crippen LogP contribution in [0.3, 0.4) is 0 Å². The van der Waals surface area contributed by atoms with Crippen LogP contribution in [0.15, 0.2) is 113 Å². The third-order valence-corrected chi connectivity index (χ3v) is 11.7. The van der Waals surface area contributed by atoms with E-state index in [0.717, 1.165) is 22.9 Å².